The van der Waals surface area contributed by atoms with E-state index in [-0.39, 0.29) is 5.38 Å². The maximum Gasteiger partial charge on any atom is 0.223 e. The summed E-state index contributed by atoms with van der Waals surface area (Å²) in [6, 6.07) is 12.0. The van der Waals surface area contributed by atoms with E-state index >= 15 is 0 Å². The van der Waals surface area contributed by atoms with Gasteiger partial charge in [0.2, 0.25) is 5.95 Å². The third kappa shape index (κ3) is 3.94. The van der Waals surface area contributed by atoms with Crippen LogP contribution in [0.4, 0.5) is 5.95 Å². The van der Waals surface area contributed by atoms with Crippen LogP contribution in [0.15, 0.2) is 36.4 Å². The molecule has 0 spiro atoms. The van der Waals surface area contributed by atoms with Gasteiger partial charge in [0.1, 0.15) is 0 Å². The molecular weight excluding hydrogens is 270 g/mol. The monoisotopic (exact) mass is 289 g/mol. The molecule has 1 heterocycles. The topological polar surface area (TPSA) is 37.8 Å². The smallest absolute Gasteiger partial charge is 0.223 e. The molecule has 0 aliphatic heterocycles. The van der Waals surface area contributed by atoms with Crippen molar-refractivity contribution in [3.05, 3.63) is 53.3 Å². The lowest BCUT2D eigenvalue weighted by Crippen LogP contribution is -2.12. The Kier molecular flexibility index (Phi) is 4.96. The van der Waals surface area contributed by atoms with Crippen molar-refractivity contribution >= 4 is 17.5 Å². The first kappa shape index (κ1) is 14.8. The summed E-state index contributed by atoms with van der Waals surface area (Å²) in [4.78, 5) is 8.92. The van der Waals surface area contributed by atoms with E-state index in [1.807, 2.05) is 43.3 Å². The molecule has 1 aromatic carbocycles. The van der Waals surface area contributed by atoms with E-state index in [1.54, 1.807) is 0 Å². The number of nitrogens with one attached hydrogen (secondary N) is 1. The van der Waals surface area contributed by atoms with Gasteiger partial charge in [0.25, 0.3) is 0 Å². The van der Waals surface area contributed by atoms with E-state index in [0.29, 0.717) is 18.4 Å². The fraction of sp³-hybridized carbons (Fsp3) is 0.375. The van der Waals surface area contributed by atoms with Crippen LogP contribution in [0.5, 0.6) is 0 Å². The van der Waals surface area contributed by atoms with Gasteiger partial charge in [-0.15, -0.1) is 11.6 Å². The van der Waals surface area contributed by atoms with E-state index in [2.05, 4.69) is 29.1 Å². The zero-order valence-corrected chi connectivity index (χ0v) is 12.9. The van der Waals surface area contributed by atoms with E-state index < -0.39 is 0 Å². The van der Waals surface area contributed by atoms with Crippen LogP contribution < -0.4 is 5.32 Å². The minimum atomic E-state index is -0.0946. The Morgan fingerprint density at radius 2 is 1.85 bits per heavy atom. The van der Waals surface area contributed by atoms with Gasteiger partial charge in [-0.1, -0.05) is 44.2 Å². The van der Waals surface area contributed by atoms with Gasteiger partial charge in [0.15, 0.2) is 0 Å². The molecule has 106 valence electrons. The van der Waals surface area contributed by atoms with Crippen LogP contribution in [0.1, 0.15) is 42.1 Å². The number of aryl methyl sites for hydroxylation is 1. The van der Waals surface area contributed by atoms with Crippen LogP contribution in [0.2, 0.25) is 0 Å². The third-order valence-corrected chi connectivity index (χ3v) is 3.47. The zero-order chi connectivity index (χ0) is 14.5. The summed E-state index contributed by atoms with van der Waals surface area (Å²) in [6.07, 6.45) is 0. The predicted molar refractivity (Wildman–Crippen MR) is 84.4 cm³/mol. The molecule has 2 aromatic rings. The molecule has 0 aliphatic carbocycles. The predicted octanol–water partition coefficient (Wildman–Crippen LogP) is 4.30. The molecular formula is C16H20ClN3. The maximum absolute atomic E-state index is 6.38. The summed E-state index contributed by atoms with van der Waals surface area (Å²) in [5.74, 6) is 1.04. The average Bonchev–Trinajstić information content (AvgIpc) is 2.45. The third-order valence-electron chi connectivity index (χ3n) is 3.07. The Balaban J connectivity index is 2.04. The summed E-state index contributed by atoms with van der Waals surface area (Å²) in [5, 5.41) is 3.13. The average molecular weight is 290 g/mol. The van der Waals surface area contributed by atoms with Crippen LogP contribution in [0.3, 0.4) is 0 Å². The normalized spacial score (nSPS) is 12.4. The second-order valence-electron chi connectivity index (χ2n) is 5.17. The lowest BCUT2D eigenvalue weighted by atomic mass is 10.1. The fourth-order valence-electron chi connectivity index (χ4n) is 1.93. The van der Waals surface area contributed by atoms with Crippen molar-refractivity contribution in [2.75, 3.05) is 11.9 Å². The van der Waals surface area contributed by atoms with Crippen LogP contribution in [-0.2, 0) is 0 Å². The summed E-state index contributed by atoms with van der Waals surface area (Å²) in [6.45, 7) is 6.83. The first-order valence-electron chi connectivity index (χ1n) is 6.84. The highest BCUT2D eigenvalue weighted by molar-refractivity contribution is 6.21. The molecule has 20 heavy (non-hydrogen) atoms. The number of aromatic nitrogens is 2. The summed E-state index contributed by atoms with van der Waals surface area (Å²) < 4.78 is 0. The lowest BCUT2D eigenvalue weighted by Gasteiger charge is -2.13. The number of hydrogen-bond donors (Lipinski definition) is 1. The molecule has 0 saturated heterocycles. The molecule has 0 saturated carbocycles. The van der Waals surface area contributed by atoms with Gasteiger partial charge in [-0.2, -0.15) is 0 Å². The van der Waals surface area contributed by atoms with E-state index in [4.69, 9.17) is 11.6 Å². The molecule has 0 amide bonds. The van der Waals surface area contributed by atoms with Gasteiger partial charge in [-0.3, -0.25) is 0 Å². The molecule has 4 heteroatoms. The number of halogens is 1. The molecule has 0 radical (unpaired) electrons. The summed E-state index contributed by atoms with van der Waals surface area (Å²) >= 11 is 6.38. The quantitative estimate of drug-likeness (QED) is 0.834. The Labute approximate surface area is 125 Å². The fourth-order valence-corrected chi connectivity index (χ4v) is 2.15. The van der Waals surface area contributed by atoms with Crippen molar-refractivity contribution in [3.63, 3.8) is 0 Å². The van der Waals surface area contributed by atoms with Crippen LogP contribution in [0, 0.1) is 6.92 Å². The van der Waals surface area contributed by atoms with E-state index in [1.165, 1.54) is 0 Å². The molecule has 1 N–H and O–H groups in total. The Morgan fingerprint density at radius 1 is 1.15 bits per heavy atom. The van der Waals surface area contributed by atoms with Crippen LogP contribution in [0.25, 0.3) is 0 Å². The van der Waals surface area contributed by atoms with Crippen molar-refractivity contribution in [1.29, 1.82) is 0 Å². The van der Waals surface area contributed by atoms with Gasteiger partial charge in [0, 0.05) is 17.9 Å². The van der Waals surface area contributed by atoms with Gasteiger partial charge >= 0.3 is 0 Å². The van der Waals surface area contributed by atoms with Crippen molar-refractivity contribution in [3.8, 4) is 0 Å². The second-order valence-corrected chi connectivity index (χ2v) is 5.70. The van der Waals surface area contributed by atoms with Crippen molar-refractivity contribution in [2.45, 2.75) is 32.1 Å². The van der Waals surface area contributed by atoms with Crippen molar-refractivity contribution in [2.24, 2.45) is 0 Å². The summed E-state index contributed by atoms with van der Waals surface area (Å²) in [5.41, 5.74) is 3.11. The van der Waals surface area contributed by atoms with Crippen LogP contribution >= 0.6 is 11.6 Å². The molecule has 0 aliphatic rings. The largest absolute Gasteiger partial charge is 0.352 e. The van der Waals surface area contributed by atoms with Crippen molar-refractivity contribution in [1.82, 2.24) is 9.97 Å². The molecule has 1 atom stereocenters. The van der Waals surface area contributed by atoms with E-state index in [0.717, 1.165) is 17.0 Å². The highest BCUT2D eigenvalue weighted by Crippen LogP contribution is 2.20. The highest BCUT2D eigenvalue weighted by Gasteiger charge is 2.09. The second kappa shape index (κ2) is 6.71. The Bertz CT molecular complexity index is 555. The van der Waals surface area contributed by atoms with Gasteiger partial charge < -0.3 is 5.32 Å². The Morgan fingerprint density at radius 3 is 2.50 bits per heavy atom. The maximum atomic E-state index is 6.38. The molecule has 1 unspecified atom stereocenters. The zero-order valence-electron chi connectivity index (χ0n) is 12.1. The number of alkyl halides is 1. The standard InChI is InChI=1S/C16H20ClN3/c1-11(2)15-9-12(3)19-16(20-15)18-10-14(17)13-7-5-4-6-8-13/h4-9,11,14H,10H2,1-3H3,(H,18,19,20). The van der Waals surface area contributed by atoms with Gasteiger partial charge in [-0.05, 0) is 24.5 Å². The summed E-state index contributed by atoms with van der Waals surface area (Å²) in [7, 11) is 0. The van der Waals surface area contributed by atoms with Gasteiger partial charge in [-0.25, -0.2) is 9.97 Å². The molecule has 3 nitrogen and oxygen atoms in total. The number of benzene rings is 1. The molecule has 2 rings (SSSR count). The number of nitrogens with zero attached hydrogens (tertiary/aromatic N) is 2. The van der Waals surface area contributed by atoms with Gasteiger partial charge in [0.05, 0.1) is 5.38 Å². The number of hydrogen-bond acceptors (Lipinski definition) is 3. The molecule has 0 bridgehead atoms. The number of rotatable bonds is 5. The first-order chi connectivity index (χ1) is 9.56. The highest BCUT2D eigenvalue weighted by atomic mass is 35.5. The van der Waals surface area contributed by atoms with Crippen LogP contribution in [-0.4, -0.2) is 16.5 Å². The lowest BCUT2D eigenvalue weighted by molar-refractivity contribution is 0.806. The minimum absolute atomic E-state index is 0.0946. The first-order valence-corrected chi connectivity index (χ1v) is 7.28. The minimum Gasteiger partial charge on any atom is -0.352 e. The van der Waals surface area contributed by atoms with Crippen molar-refractivity contribution < 1.29 is 0 Å². The number of anilines is 1. The Hall–Kier alpha value is -1.61. The molecule has 0 fully saturated rings. The molecule has 1 aromatic heterocycles. The van der Waals surface area contributed by atoms with E-state index in [9.17, 15) is 0 Å². The SMILES string of the molecule is Cc1cc(C(C)C)nc(NCC(Cl)c2ccccc2)n1.